The van der Waals surface area contributed by atoms with Crippen LogP contribution in [0.4, 0.5) is 19.0 Å². The van der Waals surface area contributed by atoms with Gasteiger partial charge < -0.3 is 20.5 Å². The number of pyridine rings is 1. The molecule has 1 aromatic heterocycles. The lowest BCUT2D eigenvalue weighted by Gasteiger charge is -2.16. The summed E-state index contributed by atoms with van der Waals surface area (Å²) in [6.07, 6.45) is -4.28. The van der Waals surface area contributed by atoms with Crippen LogP contribution in [0.1, 0.15) is 5.56 Å². The van der Waals surface area contributed by atoms with Gasteiger partial charge in [0.25, 0.3) is 0 Å². The first-order valence-corrected chi connectivity index (χ1v) is 7.09. The number of nitrogen functional groups attached to an aromatic ring is 1. The Bertz CT molecular complexity index is 705. The lowest BCUT2D eigenvalue weighted by Crippen LogP contribution is -2.28. The van der Waals surface area contributed by atoms with Crippen LogP contribution < -0.4 is 20.5 Å². The summed E-state index contributed by atoms with van der Waals surface area (Å²) >= 11 is 0. The molecule has 0 saturated carbocycles. The highest BCUT2D eigenvalue weighted by Crippen LogP contribution is 2.35. The maximum atomic E-state index is 12.3. The Balaban J connectivity index is 2.34. The van der Waals surface area contributed by atoms with Crippen molar-refractivity contribution in [3.8, 4) is 22.8 Å². The number of hydrogen-bond donors (Lipinski definition) is 2. The van der Waals surface area contributed by atoms with E-state index in [2.05, 4.69) is 10.3 Å². The fourth-order valence-corrected chi connectivity index (χ4v) is 2.24. The molecule has 24 heavy (non-hydrogen) atoms. The standard InChI is InChI=1S/C16H18F3N3O2/c1-23-13-7-11(12-4-3-5-15(20)22-12)14(24-2)6-10(13)8-21-9-16(17,18)19/h3-7,21H,8-9H2,1-2H3,(H2,20,22). The molecule has 1 aromatic carbocycles. The Kier molecular flexibility index (Phi) is 5.50. The molecule has 0 unspecified atom stereocenters. The van der Waals surface area contributed by atoms with Gasteiger partial charge >= 0.3 is 6.18 Å². The van der Waals surface area contributed by atoms with Crippen LogP contribution in [0.3, 0.4) is 0 Å². The number of anilines is 1. The Morgan fingerprint density at radius 2 is 1.83 bits per heavy atom. The Labute approximate surface area is 137 Å². The smallest absolute Gasteiger partial charge is 0.401 e. The molecule has 0 atom stereocenters. The van der Waals surface area contributed by atoms with Crippen molar-refractivity contribution in [3.63, 3.8) is 0 Å². The Hall–Kier alpha value is -2.48. The quantitative estimate of drug-likeness (QED) is 0.845. The second-order valence-corrected chi connectivity index (χ2v) is 5.03. The minimum absolute atomic E-state index is 0.0102. The summed E-state index contributed by atoms with van der Waals surface area (Å²) in [7, 11) is 2.93. The van der Waals surface area contributed by atoms with Crippen LogP contribution in [-0.4, -0.2) is 31.9 Å². The number of methoxy groups -OCH3 is 2. The molecule has 3 N–H and O–H groups in total. The number of ether oxygens (including phenoxy) is 2. The summed E-state index contributed by atoms with van der Waals surface area (Å²) in [5.74, 6) is 1.26. The molecule has 2 rings (SSSR count). The summed E-state index contributed by atoms with van der Waals surface area (Å²) in [5, 5.41) is 2.34. The molecule has 0 radical (unpaired) electrons. The fraction of sp³-hybridized carbons (Fsp3) is 0.312. The SMILES string of the molecule is COc1cc(-c2cccc(N)n2)c(OC)cc1CNCC(F)(F)F. The van der Waals surface area contributed by atoms with Gasteiger partial charge in [0.1, 0.15) is 17.3 Å². The van der Waals surface area contributed by atoms with Gasteiger partial charge in [-0.1, -0.05) is 6.07 Å². The van der Waals surface area contributed by atoms with Crippen LogP contribution in [0.5, 0.6) is 11.5 Å². The van der Waals surface area contributed by atoms with E-state index in [0.29, 0.717) is 34.1 Å². The first-order chi connectivity index (χ1) is 11.3. The maximum Gasteiger partial charge on any atom is 0.401 e. The summed E-state index contributed by atoms with van der Waals surface area (Å²) in [6, 6.07) is 8.47. The van der Waals surface area contributed by atoms with Crippen LogP contribution in [0.15, 0.2) is 30.3 Å². The minimum atomic E-state index is -4.28. The third-order valence-corrected chi connectivity index (χ3v) is 3.29. The van der Waals surface area contributed by atoms with Gasteiger partial charge in [-0.15, -0.1) is 0 Å². The van der Waals surface area contributed by atoms with Crippen molar-refractivity contribution in [2.24, 2.45) is 0 Å². The highest BCUT2D eigenvalue weighted by atomic mass is 19.4. The number of halogens is 3. The average Bonchev–Trinajstić information content (AvgIpc) is 2.53. The van der Waals surface area contributed by atoms with Gasteiger partial charge in [0.2, 0.25) is 0 Å². The van der Waals surface area contributed by atoms with Crippen molar-refractivity contribution in [1.82, 2.24) is 10.3 Å². The van der Waals surface area contributed by atoms with E-state index in [-0.39, 0.29) is 6.54 Å². The maximum absolute atomic E-state index is 12.3. The Morgan fingerprint density at radius 1 is 1.12 bits per heavy atom. The molecule has 0 aliphatic carbocycles. The molecule has 0 amide bonds. The van der Waals surface area contributed by atoms with Crippen LogP contribution in [0.2, 0.25) is 0 Å². The van der Waals surface area contributed by atoms with Gasteiger partial charge in [0.05, 0.1) is 26.5 Å². The summed E-state index contributed by atoms with van der Waals surface area (Å²) in [4.78, 5) is 4.23. The van der Waals surface area contributed by atoms with Crippen LogP contribution >= 0.6 is 0 Å². The molecular formula is C16H18F3N3O2. The van der Waals surface area contributed by atoms with Crippen molar-refractivity contribution in [1.29, 1.82) is 0 Å². The van der Waals surface area contributed by atoms with E-state index >= 15 is 0 Å². The van der Waals surface area contributed by atoms with Crippen LogP contribution in [-0.2, 0) is 6.54 Å². The molecular weight excluding hydrogens is 323 g/mol. The van der Waals surface area contributed by atoms with Crippen molar-refractivity contribution in [2.45, 2.75) is 12.7 Å². The fourth-order valence-electron chi connectivity index (χ4n) is 2.24. The zero-order valence-corrected chi connectivity index (χ0v) is 13.3. The number of hydrogen-bond acceptors (Lipinski definition) is 5. The van der Waals surface area contributed by atoms with Crippen LogP contribution in [0.25, 0.3) is 11.3 Å². The predicted molar refractivity (Wildman–Crippen MR) is 85.0 cm³/mol. The molecule has 1 heterocycles. The lowest BCUT2D eigenvalue weighted by atomic mass is 10.0. The largest absolute Gasteiger partial charge is 0.496 e. The van der Waals surface area contributed by atoms with E-state index in [1.807, 2.05) is 0 Å². The normalized spacial score (nSPS) is 11.4. The highest BCUT2D eigenvalue weighted by Gasteiger charge is 2.26. The number of rotatable bonds is 6. The molecule has 0 saturated heterocycles. The zero-order chi connectivity index (χ0) is 17.7. The molecule has 8 heteroatoms. The lowest BCUT2D eigenvalue weighted by molar-refractivity contribution is -0.125. The first-order valence-electron chi connectivity index (χ1n) is 7.09. The van der Waals surface area contributed by atoms with Gasteiger partial charge in [-0.2, -0.15) is 13.2 Å². The van der Waals surface area contributed by atoms with E-state index in [1.165, 1.54) is 14.2 Å². The summed E-state index contributed by atoms with van der Waals surface area (Å²) in [5.41, 5.74) is 7.47. The average molecular weight is 341 g/mol. The van der Waals surface area contributed by atoms with Gasteiger partial charge in [0.15, 0.2) is 0 Å². The molecule has 0 aliphatic heterocycles. The van der Waals surface area contributed by atoms with Gasteiger partial charge in [-0.3, -0.25) is 0 Å². The number of nitrogens with two attached hydrogens (primary N) is 1. The Morgan fingerprint density at radius 3 is 2.42 bits per heavy atom. The number of nitrogens with one attached hydrogen (secondary N) is 1. The number of nitrogens with zero attached hydrogens (tertiary/aromatic N) is 1. The molecule has 0 spiro atoms. The van der Waals surface area contributed by atoms with E-state index in [0.717, 1.165) is 0 Å². The highest BCUT2D eigenvalue weighted by molar-refractivity contribution is 5.71. The number of benzene rings is 1. The number of aromatic nitrogens is 1. The number of alkyl halides is 3. The predicted octanol–water partition coefficient (Wildman–Crippen LogP) is 3.00. The van der Waals surface area contributed by atoms with Crippen molar-refractivity contribution < 1.29 is 22.6 Å². The second-order valence-electron chi connectivity index (χ2n) is 5.03. The second kappa shape index (κ2) is 7.39. The zero-order valence-electron chi connectivity index (χ0n) is 13.3. The van der Waals surface area contributed by atoms with Crippen molar-refractivity contribution >= 4 is 5.82 Å². The third kappa shape index (κ3) is 4.51. The van der Waals surface area contributed by atoms with E-state index in [9.17, 15) is 13.2 Å². The summed E-state index contributed by atoms with van der Waals surface area (Å²) in [6.45, 7) is -1.10. The molecule has 0 aliphatic rings. The minimum Gasteiger partial charge on any atom is -0.496 e. The van der Waals surface area contributed by atoms with Crippen molar-refractivity contribution in [2.75, 3.05) is 26.5 Å². The molecule has 0 bridgehead atoms. The summed E-state index contributed by atoms with van der Waals surface area (Å²) < 4.78 is 47.4. The van der Waals surface area contributed by atoms with E-state index in [1.54, 1.807) is 30.3 Å². The molecule has 130 valence electrons. The van der Waals surface area contributed by atoms with Crippen molar-refractivity contribution in [3.05, 3.63) is 35.9 Å². The third-order valence-electron chi connectivity index (χ3n) is 3.29. The van der Waals surface area contributed by atoms with Gasteiger partial charge in [-0.05, 0) is 24.3 Å². The molecule has 2 aromatic rings. The van der Waals surface area contributed by atoms with Gasteiger partial charge in [-0.25, -0.2) is 4.98 Å². The molecule has 5 nitrogen and oxygen atoms in total. The topological polar surface area (TPSA) is 69.4 Å². The first kappa shape index (κ1) is 17.9. The van der Waals surface area contributed by atoms with Gasteiger partial charge in [0, 0.05) is 17.7 Å². The van der Waals surface area contributed by atoms with E-state index in [4.69, 9.17) is 15.2 Å². The van der Waals surface area contributed by atoms with E-state index < -0.39 is 12.7 Å². The van der Waals surface area contributed by atoms with Crippen LogP contribution in [0, 0.1) is 0 Å². The monoisotopic (exact) mass is 341 g/mol. The molecule has 0 fully saturated rings.